The summed E-state index contributed by atoms with van der Waals surface area (Å²) in [5, 5.41) is 10.5. The maximum atomic E-state index is 12.1. The predicted octanol–water partition coefficient (Wildman–Crippen LogP) is 2.77. The van der Waals surface area contributed by atoms with Crippen LogP contribution in [0.15, 0.2) is 17.3 Å². The van der Waals surface area contributed by atoms with E-state index in [1.807, 2.05) is 6.92 Å². The highest BCUT2D eigenvalue weighted by molar-refractivity contribution is 7.99. The fourth-order valence-corrected chi connectivity index (χ4v) is 2.62. The van der Waals surface area contributed by atoms with Crippen LogP contribution in [0.4, 0.5) is 5.69 Å². The second kappa shape index (κ2) is 8.07. The number of aromatic amines is 1. The molecule has 0 aliphatic rings. The Hall–Kier alpha value is -1.93. The molecule has 0 unspecified atom stereocenters. The Bertz CT molecular complexity index is 693. The Morgan fingerprint density at radius 3 is 2.70 bits per heavy atom. The fraction of sp³-hybridized carbons (Fsp3) is 0.357. The van der Waals surface area contributed by atoms with Gasteiger partial charge in [-0.15, -0.1) is 5.10 Å². The predicted molar refractivity (Wildman–Crippen MR) is 89.7 cm³/mol. The number of benzene rings is 1. The van der Waals surface area contributed by atoms with Crippen LogP contribution in [-0.2, 0) is 11.2 Å². The van der Waals surface area contributed by atoms with Crippen LogP contribution < -0.4 is 14.8 Å². The van der Waals surface area contributed by atoms with E-state index in [1.165, 1.54) is 26.0 Å². The van der Waals surface area contributed by atoms with Gasteiger partial charge in [0.05, 0.1) is 30.7 Å². The van der Waals surface area contributed by atoms with Crippen molar-refractivity contribution in [3.05, 3.63) is 23.0 Å². The second-order valence-electron chi connectivity index (χ2n) is 4.44. The molecule has 0 aliphatic heterocycles. The van der Waals surface area contributed by atoms with Crippen molar-refractivity contribution in [2.45, 2.75) is 18.5 Å². The largest absolute Gasteiger partial charge is 0.495 e. The minimum atomic E-state index is -0.208. The molecule has 0 saturated carbocycles. The Kier molecular flexibility index (Phi) is 6.12. The van der Waals surface area contributed by atoms with Crippen LogP contribution in [0.25, 0.3) is 0 Å². The number of aryl methyl sites for hydroxylation is 1. The molecule has 2 rings (SSSR count). The van der Waals surface area contributed by atoms with Gasteiger partial charge in [-0.1, -0.05) is 30.3 Å². The average Bonchev–Trinajstić information content (AvgIpc) is 3.02. The summed E-state index contributed by atoms with van der Waals surface area (Å²) >= 11 is 7.28. The monoisotopic (exact) mass is 356 g/mol. The van der Waals surface area contributed by atoms with Crippen LogP contribution in [0.5, 0.6) is 11.5 Å². The number of halogens is 1. The summed E-state index contributed by atoms with van der Waals surface area (Å²) in [7, 11) is 3.01. The molecule has 23 heavy (non-hydrogen) atoms. The lowest BCUT2D eigenvalue weighted by atomic mass is 10.2. The minimum absolute atomic E-state index is 0.176. The van der Waals surface area contributed by atoms with Crippen molar-refractivity contribution in [1.29, 1.82) is 0 Å². The van der Waals surface area contributed by atoms with E-state index in [2.05, 4.69) is 20.5 Å². The first-order chi connectivity index (χ1) is 11.1. The molecule has 0 bridgehead atoms. The van der Waals surface area contributed by atoms with Crippen LogP contribution in [0, 0.1) is 0 Å². The molecule has 9 heteroatoms. The highest BCUT2D eigenvalue weighted by atomic mass is 35.5. The molecule has 2 aromatic rings. The molecular weight excluding hydrogens is 340 g/mol. The van der Waals surface area contributed by atoms with E-state index in [4.69, 9.17) is 21.1 Å². The first kappa shape index (κ1) is 17.4. The summed E-state index contributed by atoms with van der Waals surface area (Å²) in [4.78, 5) is 16.3. The molecule has 1 aromatic carbocycles. The van der Waals surface area contributed by atoms with Gasteiger partial charge in [-0.05, 0) is 0 Å². The Labute approximate surface area is 143 Å². The van der Waals surface area contributed by atoms with Gasteiger partial charge in [-0.2, -0.15) is 0 Å². The highest BCUT2D eigenvalue weighted by Gasteiger charge is 2.13. The number of anilines is 1. The third-order valence-electron chi connectivity index (χ3n) is 2.93. The van der Waals surface area contributed by atoms with Crippen molar-refractivity contribution in [2.75, 3.05) is 25.3 Å². The van der Waals surface area contributed by atoms with Crippen LogP contribution in [0.3, 0.4) is 0 Å². The molecule has 0 saturated heterocycles. The van der Waals surface area contributed by atoms with Crippen LogP contribution in [0.2, 0.25) is 5.02 Å². The number of nitrogens with zero attached hydrogens (tertiary/aromatic N) is 2. The Morgan fingerprint density at radius 2 is 2.09 bits per heavy atom. The van der Waals surface area contributed by atoms with Crippen molar-refractivity contribution < 1.29 is 14.3 Å². The molecule has 0 radical (unpaired) electrons. The standard InChI is InChI=1S/C14H17ClN4O3S/c1-4-12-17-14(19-18-12)23-7-13(20)16-9-6-10(21-2)8(15)5-11(9)22-3/h5-6H,4,7H2,1-3H3,(H,16,20)(H,17,18,19). The molecule has 0 aliphatic carbocycles. The van der Waals surface area contributed by atoms with E-state index in [0.717, 1.165) is 12.2 Å². The lowest BCUT2D eigenvalue weighted by Crippen LogP contribution is -2.15. The van der Waals surface area contributed by atoms with E-state index in [-0.39, 0.29) is 11.7 Å². The number of amides is 1. The zero-order valence-electron chi connectivity index (χ0n) is 13.0. The average molecular weight is 357 g/mol. The van der Waals surface area contributed by atoms with Crippen molar-refractivity contribution >= 4 is 35.0 Å². The van der Waals surface area contributed by atoms with Crippen molar-refractivity contribution in [3.63, 3.8) is 0 Å². The molecule has 1 amide bonds. The first-order valence-electron chi connectivity index (χ1n) is 6.82. The van der Waals surface area contributed by atoms with Gasteiger partial charge in [0.1, 0.15) is 17.3 Å². The normalized spacial score (nSPS) is 10.4. The number of carbonyl (C=O) groups is 1. The number of ether oxygens (including phenoxy) is 2. The quantitative estimate of drug-likeness (QED) is 0.741. The Balaban J connectivity index is 2.01. The molecule has 0 spiro atoms. The SMILES string of the molecule is CCc1nc(SCC(=O)Nc2cc(OC)c(Cl)cc2OC)n[nH]1. The molecule has 0 fully saturated rings. The summed E-state index contributed by atoms with van der Waals surface area (Å²) in [5.41, 5.74) is 0.489. The van der Waals surface area contributed by atoms with Gasteiger partial charge < -0.3 is 14.8 Å². The van der Waals surface area contributed by atoms with Crippen LogP contribution >= 0.6 is 23.4 Å². The lowest BCUT2D eigenvalue weighted by molar-refractivity contribution is -0.113. The third kappa shape index (κ3) is 4.52. The maximum Gasteiger partial charge on any atom is 0.234 e. The highest BCUT2D eigenvalue weighted by Crippen LogP contribution is 2.35. The molecular formula is C14H17ClN4O3S. The number of aromatic nitrogens is 3. The molecule has 124 valence electrons. The summed E-state index contributed by atoms with van der Waals surface area (Å²) < 4.78 is 10.4. The van der Waals surface area contributed by atoms with Crippen molar-refractivity contribution in [2.24, 2.45) is 0 Å². The van der Waals surface area contributed by atoms with E-state index in [0.29, 0.717) is 27.4 Å². The van der Waals surface area contributed by atoms with E-state index < -0.39 is 0 Å². The number of rotatable bonds is 7. The number of thioether (sulfide) groups is 1. The number of methoxy groups -OCH3 is 2. The van der Waals surface area contributed by atoms with Gasteiger partial charge in [-0.25, -0.2) is 4.98 Å². The number of carbonyl (C=O) groups excluding carboxylic acids is 1. The van der Waals surface area contributed by atoms with E-state index in [9.17, 15) is 4.79 Å². The molecule has 1 aromatic heterocycles. The smallest absolute Gasteiger partial charge is 0.234 e. The zero-order valence-corrected chi connectivity index (χ0v) is 14.5. The number of nitrogens with one attached hydrogen (secondary N) is 2. The van der Waals surface area contributed by atoms with Gasteiger partial charge in [0, 0.05) is 18.6 Å². The third-order valence-corrected chi connectivity index (χ3v) is 4.07. The van der Waals surface area contributed by atoms with Crippen molar-refractivity contribution in [3.8, 4) is 11.5 Å². The maximum absolute atomic E-state index is 12.1. The lowest BCUT2D eigenvalue weighted by Gasteiger charge is -2.12. The summed E-state index contributed by atoms with van der Waals surface area (Å²) in [6.07, 6.45) is 0.765. The van der Waals surface area contributed by atoms with Crippen LogP contribution in [0.1, 0.15) is 12.7 Å². The topological polar surface area (TPSA) is 89.1 Å². The van der Waals surface area contributed by atoms with Gasteiger partial charge in [0.2, 0.25) is 11.1 Å². The summed E-state index contributed by atoms with van der Waals surface area (Å²) in [6.45, 7) is 1.97. The molecule has 0 atom stereocenters. The van der Waals surface area contributed by atoms with E-state index >= 15 is 0 Å². The van der Waals surface area contributed by atoms with Gasteiger partial charge >= 0.3 is 0 Å². The summed E-state index contributed by atoms with van der Waals surface area (Å²) in [5.74, 6) is 1.67. The number of hydrogen-bond donors (Lipinski definition) is 2. The first-order valence-corrected chi connectivity index (χ1v) is 8.19. The second-order valence-corrected chi connectivity index (χ2v) is 5.79. The molecule has 7 nitrogen and oxygen atoms in total. The molecule has 2 N–H and O–H groups in total. The van der Waals surface area contributed by atoms with E-state index in [1.54, 1.807) is 12.1 Å². The minimum Gasteiger partial charge on any atom is -0.495 e. The summed E-state index contributed by atoms with van der Waals surface area (Å²) in [6, 6.07) is 3.21. The van der Waals surface area contributed by atoms with Gasteiger partial charge in [0.15, 0.2) is 0 Å². The van der Waals surface area contributed by atoms with Crippen LogP contribution in [-0.4, -0.2) is 41.1 Å². The Morgan fingerprint density at radius 1 is 1.35 bits per heavy atom. The number of H-pyrrole nitrogens is 1. The molecule has 1 heterocycles. The zero-order chi connectivity index (χ0) is 16.8. The number of hydrogen-bond acceptors (Lipinski definition) is 6. The fourth-order valence-electron chi connectivity index (χ4n) is 1.77. The van der Waals surface area contributed by atoms with Crippen molar-refractivity contribution in [1.82, 2.24) is 15.2 Å². The van der Waals surface area contributed by atoms with Gasteiger partial charge in [-0.3, -0.25) is 9.89 Å². The van der Waals surface area contributed by atoms with Gasteiger partial charge in [0.25, 0.3) is 0 Å².